The van der Waals surface area contributed by atoms with E-state index in [9.17, 15) is 18.0 Å². The number of ketones is 1. The lowest BCUT2D eigenvalue weighted by Crippen LogP contribution is -2.18. The van der Waals surface area contributed by atoms with E-state index in [-0.39, 0.29) is 21.4 Å². The molecule has 0 saturated carbocycles. The lowest BCUT2D eigenvalue weighted by molar-refractivity contribution is -0.139. The molecule has 7 heteroatoms. The van der Waals surface area contributed by atoms with Crippen molar-refractivity contribution in [2.75, 3.05) is 0 Å². The van der Waals surface area contributed by atoms with Gasteiger partial charge in [-0.2, -0.15) is 13.2 Å². The highest BCUT2D eigenvalue weighted by Gasteiger charge is 2.39. The summed E-state index contributed by atoms with van der Waals surface area (Å²) in [5.41, 5.74) is 1.28. The quantitative estimate of drug-likeness (QED) is 0.385. The maximum atomic E-state index is 13.6. The van der Waals surface area contributed by atoms with Gasteiger partial charge in [0.25, 0.3) is 0 Å². The first-order chi connectivity index (χ1) is 13.6. The third kappa shape index (κ3) is 7.36. The smallest absolute Gasteiger partial charge is 0.300 e. The monoisotopic (exact) mass is 462 g/mol. The lowest BCUT2D eigenvalue weighted by Gasteiger charge is -2.18. The summed E-state index contributed by atoms with van der Waals surface area (Å²) >= 11 is 18.0. The van der Waals surface area contributed by atoms with E-state index in [4.69, 9.17) is 34.8 Å². The number of alkyl halides is 3. The molecule has 1 atom stereocenters. The number of carbonyl (C=O) groups excluding carboxylic acids is 1. The number of halogens is 6. The zero-order valence-electron chi connectivity index (χ0n) is 15.7. The first-order valence-electron chi connectivity index (χ1n) is 9.11. The molecular weight excluding hydrogens is 444 g/mol. The van der Waals surface area contributed by atoms with Crippen LogP contribution in [0.4, 0.5) is 13.2 Å². The Bertz CT molecular complexity index is 871. The van der Waals surface area contributed by atoms with Gasteiger partial charge in [0.1, 0.15) is 5.78 Å². The second-order valence-electron chi connectivity index (χ2n) is 6.72. The van der Waals surface area contributed by atoms with Gasteiger partial charge in [-0.1, -0.05) is 66.0 Å². The van der Waals surface area contributed by atoms with Crippen LogP contribution in [0.15, 0.2) is 42.5 Å². The number of hydrogen-bond donors (Lipinski definition) is 0. The van der Waals surface area contributed by atoms with E-state index >= 15 is 0 Å². The Balaban J connectivity index is 2.21. The number of benzene rings is 2. The predicted molar refractivity (Wildman–Crippen MR) is 114 cm³/mol. The molecule has 0 spiro atoms. The van der Waals surface area contributed by atoms with Gasteiger partial charge in [-0.25, -0.2) is 0 Å². The van der Waals surface area contributed by atoms with E-state index in [0.29, 0.717) is 29.8 Å². The summed E-state index contributed by atoms with van der Waals surface area (Å²) in [5, 5.41) is 0.700. The van der Waals surface area contributed by atoms with Crippen LogP contribution in [0.2, 0.25) is 15.1 Å². The van der Waals surface area contributed by atoms with Gasteiger partial charge < -0.3 is 0 Å². The molecule has 0 heterocycles. The molecule has 0 saturated heterocycles. The fourth-order valence-corrected chi connectivity index (χ4v) is 3.75. The molecule has 1 unspecified atom stereocenters. The maximum absolute atomic E-state index is 13.6. The number of allylic oxidation sites excluding steroid dienone is 1. The van der Waals surface area contributed by atoms with E-state index in [2.05, 4.69) is 0 Å². The molecule has 0 N–H and O–H groups in total. The summed E-state index contributed by atoms with van der Waals surface area (Å²) < 4.78 is 40.7. The van der Waals surface area contributed by atoms with Gasteiger partial charge in [-0.15, -0.1) is 0 Å². The fraction of sp³-hybridized carbons (Fsp3) is 0.318. The van der Waals surface area contributed by atoms with E-state index in [1.54, 1.807) is 18.2 Å². The average Bonchev–Trinajstić information content (AvgIpc) is 2.59. The van der Waals surface area contributed by atoms with Gasteiger partial charge >= 0.3 is 6.18 Å². The van der Waals surface area contributed by atoms with Crippen molar-refractivity contribution in [3.05, 3.63) is 74.2 Å². The van der Waals surface area contributed by atoms with Gasteiger partial charge in [-0.05, 0) is 53.8 Å². The van der Waals surface area contributed by atoms with Crippen LogP contribution in [-0.4, -0.2) is 12.0 Å². The van der Waals surface area contributed by atoms with Crippen LogP contribution in [0.3, 0.4) is 0 Å². The Labute approximate surface area is 183 Å². The van der Waals surface area contributed by atoms with Crippen LogP contribution in [0, 0.1) is 0 Å². The zero-order valence-corrected chi connectivity index (χ0v) is 18.0. The second-order valence-corrected chi connectivity index (χ2v) is 8.00. The van der Waals surface area contributed by atoms with Gasteiger partial charge in [0.05, 0.1) is 5.92 Å². The molecule has 0 aromatic heterocycles. The standard InChI is InChI=1S/C22H20Cl3F3O/c1-2-3-19(29)8-7-15-6-4-14(10-21(15)25)5-9-20(22(26,27)28)16-11-17(23)13-18(24)12-16/h4-6,9-13,20H,2-3,7-8H2,1H3/b9-5+. The molecule has 29 heavy (non-hydrogen) atoms. The third-order valence-electron chi connectivity index (χ3n) is 4.36. The van der Waals surface area contributed by atoms with Gasteiger partial charge in [0, 0.05) is 27.9 Å². The zero-order chi connectivity index (χ0) is 21.6. The van der Waals surface area contributed by atoms with E-state index in [1.165, 1.54) is 24.3 Å². The Kier molecular flexibility index (Phi) is 8.62. The molecule has 0 aliphatic carbocycles. The number of hydrogen-bond acceptors (Lipinski definition) is 1. The van der Waals surface area contributed by atoms with Crippen molar-refractivity contribution < 1.29 is 18.0 Å². The van der Waals surface area contributed by atoms with Crippen LogP contribution < -0.4 is 0 Å². The van der Waals surface area contributed by atoms with Crippen molar-refractivity contribution in [2.45, 2.75) is 44.7 Å². The average molecular weight is 464 g/mol. The topological polar surface area (TPSA) is 17.1 Å². The molecule has 1 nitrogen and oxygen atoms in total. The Hall–Kier alpha value is -1.49. The molecule has 0 bridgehead atoms. The molecule has 0 amide bonds. The van der Waals surface area contributed by atoms with E-state index in [1.807, 2.05) is 6.92 Å². The number of Topliss-reactive ketones (excluding diaryl/α,β-unsaturated/α-hetero) is 1. The van der Waals surface area contributed by atoms with Crippen LogP contribution >= 0.6 is 34.8 Å². The summed E-state index contributed by atoms with van der Waals surface area (Å²) in [6.07, 6.45) is 0.151. The van der Waals surface area contributed by atoms with Gasteiger partial charge in [0.2, 0.25) is 0 Å². The van der Waals surface area contributed by atoms with Crippen molar-refractivity contribution in [1.82, 2.24) is 0 Å². The van der Waals surface area contributed by atoms with E-state index < -0.39 is 12.1 Å². The second kappa shape index (κ2) is 10.5. The highest BCUT2D eigenvalue weighted by molar-refractivity contribution is 6.34. The molecule has 2 rings (SSSR count). The first kappa shape index (κ1) is 23.8. The molecule has 0 aliphatic heterocycles. The summed E-state index contributed by atoms with van der Waals surface area (Å²) in [7, 11) is 0. The van der Waals surface area contributed by atoms with Crippen molar-refractivity contribution in [1.29, 1.82) is 0 Å². The summed E-state index contributed by atoms with van der Waals surface area (Å²) in [6.45, 7) is 1.94. The summed E-state index contributed by atoms with van der Waals surface area (Å²) in [5.74, 6) is -1.69. The highest BCUT2D eigenvalue weighted by atomic mass is 35.5. The molecule has 156 valence electrons. The summed E-state index contributed by atoms with van der Waals surface area (Å²) in [6, 6.07) is 8.89. The van der Waals surface area contributed by atoms with Gasteiger partial charge in [-0.3, -0.25) is 4.79 Å². The van der Waals surface area contributed by atoms with Crippen LogP contribution in [0.1, 0.15) is 48.8 Å². The Morgan fingerprint density at radius 3 is 2.24 bits per heavy atom. The fourth-order valence-electron chi connectivity index (χ4n) is 2.92. The van der Waals surface area contributed by atoms with Crippen LogP contribution in [-0.2, 0) is 11.2 Å². The SMILES string of the molecule is CCCC(=O)CCc1ccc(/C=C/C(c2cc(Cl)cc(Cl)c2)C(F)(F)F)cc1Cl. The van der Waals surface area contributed by atoms with Crippen LogP contribution in [0.5, 0.6) is 0 Å². The van der Waals surface area contributed by atoms with Crippen molar-refractivity contribution in [3.63, 3.8) is 0 Å². The first-order valence-corrected chi connectivity index (χ1v) is 10.2. The molecule has 0 fully saturated rings. The predicted octanol–water partition coefficient (Wildman–Crippen LogP) is 8.31. The number of carbonyl (C=O) groups is 1. The largest absolute Gasteiger partial charge is 0.399 e. The van der Waals surface area contributed by atoms with Gasteiger partial charge in [0.15, 0.2) is 0 Å². The minimum absolute atomic E-state index is 0.0385. The van der Waals surface area contributed by atoms with Crippen molar-refractivity contribution >= 4 is 46.7 Å². The number of aryl methyl sites for hydroxylation is 1. The molecule has 0 radical (unpaired) electrons. The van der Waals surface area contributed by atoms with Crippen molar-refractivity contribution in [3.8, 4) is 0 Å². The highest BCUT2D eigenvalue weighted by Crippen LogP contribution is 2.38. The minimum atomic E-state index is -4.51. The number of rotatable bonds is 8. The van der Waals surface area contributed by atoms with Crippen LogP contribution in [0.25, 0.3) is 6.08 Å². The maximum Gasteiger partial charge on any atom is 0.399 e. The molecule has 2 aromatic carbocycles. The lowest BCUT2D eigenvalue weighted by atomic mass is 9.96. The minimum Gasteiger partial charge on any atom is -0.300 e. The summed E-state index contributed by atoms with van der Waals surface area (Å²) in [4.78, 5) is 11.7. The molecule has 2 aromatic rings. The molecular formula is C22H20Cl3F3O. The third-order valence-corrected chi connectivity index (χ3v) is 5.15. The van der Waals surface area contributed by atoms with Crippen molar-refractivity contribution in [2.24, 2.45) is 0 Å². The molecule has 0 aliphatic rings. The Morgan fingerprint density at radius 2 is 1.69 bits per heavy atom. The van der Waals surface area contributed by atoms with E-state index in [0.717, 1.165) is 18.1 Å². The Morgan fingerprint density at radius 1 is 1.03 bits per heavy atom. The normalized spacial score (nSPS) is 13.1.